The number of aliphatic hydroxyl groups is 1. The predicted molar refractivity (Wildman–Crippen MR) is 63.4 cm³/mol. The highest BCUT2D eigenvalue weighted by Crippen LogP contribution is 2.28. The van der Waals surface area contributed by atoms with Crippen molar-refractivity contribution < 1.29 is 9.84 Å². The van der Waals surface area contributed by atoms with Crippen LogP contribution >= 0.6 is 0 Å². The molecule has 1 aliphatic heterocycles. The van der Waals surface area contributed by atoms with Crippen molar-refractivity contribution in [2.45, 2.75) is 18.9 Å². The molecular formula is C13H14N2O2. The Morgan fingerprint density at radius 1 is 1.41 bits per heavy atom. The van der Waals surface area contributed by atoms with E-state index in [1.54, 1.807) is 10.7 Å². The molecule has 4 heteroatoms. The van der Waals surface area contributed by atoms with Crippen LogP contribution in [-0.4, -0.2) is 21.3 Å². The standard InChI is InChI=1S/C13H14N2O2/c16-13(12-6-2-4-8-17-12)10-9-14-15-7-3-1-5-11(10)15/h1,3,5-7,9,13,16H,2,4,8H2. The zero-order valence-corrected chi connectivity index (χ0v) is 9.41. The molecule has 3 rings (SSSR count). The van der Waals surface area contributed by atoms with Gasteiger partial charge in [0.15, 0.2) is 0 Å². The van der Waals surface area contributed by atoms with Gasteiger partial charge in [0.05, 0.1) is 18.3 Å². The van der Waals surface area contributed by atoms with Crippen molar-refractivity contribution in [2.75, 3.05) is 6.61 Å². The summed E-state index contributed by atoms with van der Waals surface area (Å²) in [4.78, 5) is 0. The first-order valence-corrected chi connectivity index (χ1v) is 5.79. The van der Waals surface area contributed by atoms with Gasteiger partial charge in [-0.15, -0.1) is 0 Å². The molecule has 0 aliphatic carbocycles. The maximum absolute atomic E-state index is 10.3. The molecule has 0 spiro atoms. The van der Waals surface area contributed by atoms with E-state index in [2.05, 4.69) is 5.10 Å². The van der Waals surface area contributed by atoms with Crippen molar-refractivity contribution in [3.05, 3.63) is 48.0 Å². The number of ether oxygens (including phenoxy) is 1. The molecule has 4 nitrogen and oxygen atoms in total. The number of hydrogen-bond donors (Lipinski definition) is 1. The number of fused-ring (bicyclic) bond motifs is 1. The minimum atomic E-state index is -0.713. The third-order valence-corrected chi connectivity index (χ3v) is 2.98. The summed E-state index contributed by atoms with van der Waals surface area (Å²) in [5.74, 6) is 0.648. The lowest BCUT2D eigenvalue weighted by molar-refractivity contribution is 0.0925. The Balaban J connectivity index is 2.00. The van der Waals surface area contributed by atoms with Crippen molar-refractivity contribution >= 4 is 5.52 Å². The van der Waals surface area contributed by atoms with Crippen LogP contribution in [0.1, 0.15) is 24.5 Å². The second-order valence-corrected chi connectivity index (χ2v) is 4.13. The van der Waals surface area contributed by atoms with Crippen molar-refractivity contribution in [2.24, 2.45) is 0 Å². The first-order chi connectivity index (χ1) is 8.36. The Bertz CT molecular complexity index is 559. The van der Waals surface area contributed by atoms with Crippen molar-refractivity contribution in [3.63, 3.8) is 0 Å². The number of aliphatic hydroxyl groups excluding tert-OH is 1. The van der Waals surface area contributed by atoms with Gasteiger partial charge in [-0.25, -0.2) is 4.52 Å². The fraction of sp³-hybridized carbons (Fsp3) is 0.308. The lowest BCUT2D eigenvalue weighted by Crippen LogP contribution is -2.09. The summed E-state index contributed by atoms with van der Waals surface area (Å²) in [6.45, 7) is 0.683. The van der Waals surface area contributed by atoms with E-state index < -0.39 is 6.10 Å². The number of aromatic nitrogens is 2. The van der Waals surface area contributed by atoms with Crippen LogP contribution in [0.15, 0.2) is 42.4 Å². The Morgan fingerprint density at radius 2 is 2.35 bits per heavy atom. The molecule has 0 saturated heterocycles. The summed E-state index contributed by atoms with van der Waals surface area (Å²) in [6.07, 6.45) is 6.78. The maximum atomic E-state index is 10.3. The van der Waals surface area contributed by atoms with Gasteiger partial charge in [0.1, 0.15) is 11.9 Å². The molecule has 0 bridgehead atoms. The quantitative estimate of drug-likeness (QED) is 0.859. The van der Waals surface area contributed by atoms with Crippen LogP contribution < -0.4 is 0 Å². The molecule has 2 aromatic rings. The van der Waals surface area contributed by atoms with Gasteiger partial charge < -0.3 is 9.84 Å². The minimum Gasteiger partial charge on any atom is -0.495 e. The van der Waals surface area contributed by atoms with Crippen molar-refractivity contribution in [1.82, 2.24) is 9.61 Å². The molecule has 88 valence electrons. The zero-order valence-electron chi connectivity index (χ0n) is 9.41. The largest absolute Gasteiger partial charge is 0.495 e. The van der Waals surface area contributed by atoms with E-state index in [1.165, 1.54) is 0 Å². The van der Waals surface area contributed by atoms with Crippen LogP contribution in [0.3, 0.4) is 0 Å². The number of hydrogen-bond acceptors (Lipinski definition) is 3. The third-order valence-electron chi connectivity index (χ3n) is 2.98. The highest BCUT2D eigenvalue weighted by atomic mass is 16.5. The summed E-state index contributed by atoms with van der Waals surface area (Å²) < 4.78 is 7.24. The molecule has 1 aliphatic rings. The summed E-state index contributed by atoms with van der Waals surface area (Å²) in [5.41, 5.74) is 1.70. The topological polar surface area (TPSA) is 46.8 Å². The van der Waals surface area contributed by atoms with Crippen LogP contribution in [0, 0.1) is 0 Å². The van der Waals surface area contributed by atoms with Gasteiger partial charge in [0.2, 0.25) is 0 Å². The average molecular weight is 230 g/mol. The number of allylic oxidation sites excluding steroid dienone is 1. The fourth-order valence-corrected chi connectivity index (χ4v) is 2.09. The van der Waals surface area contributed by atoms with E-state index in [4.69, 9.17) is 4.74 Å². The normalized spacial score (nSPS) is 17.6. The zero-order chi connectivity index (χ0) is 11.7. The lowest BCUT2D eigenvalue weighted by atomic mass is 10.1. The van der Waals surface area contributed by atoms with E-state index >= 15 is 0 Å². The van der Waals surface area contributed by atoms with E-state index in [9.17, 15) is 5.11 Å². The molecule has 2 aromatic heterocycles. The number of pyridine rings is 1. The van der Waals surface area contributed by atoms with Gasteiger partial charge in [0.25, 0.3) is 0 Å². The van der Waals surface area contributed by atoms with Gasteiger partial charge in [-0.1, -0.05) is 6.07 Å². The maximum Gasteiger partial charge on any atom is 0.139 e. The smallest absolute Gasteiger partial charge is 0.139 e. The average Bonchev–Trinajstić information content (AvgIpc) is 2.83. The Kier molecular flexibility index (Phi) is 2.57. The third kappa shape index (κ3) is 1.80. The van der Waals surface area contributed by atoms with Crippen LogP contribution in [0.5, 0.6) is 0 Å². The molecule has 0 amide bonds. The molecule has 0 saturated carbocycles. The fourth-order valence-electron chi connectivity index (χ4n) is 2.09. The van der Waals surface area contributed by atoms with E-state index in [0.717, 1.165) is 23.9 Å². The van der Waals surface area contributed by atoms with Gasteiger partial charge in [-0.2, -0.15) is 5.10 Å². The van der Waals surface area contributed by atoms with E-state index in [1.807, 2.05) is 30.5 Å². The van der Waals surface area contributed by atoms with Crippen LogP contribution in [0.4, 0.5) is 0 Å². The first-order valence-electron chi connectivity index (χ1n) is 5.79. The Labute approximate surface area is 99.1 Å². The second kappa shape index (κ2) is 4.22. The van der Waals surface area contributed by atoms with Gasteiger partial charge in [-0.3, -0.25) is 0 Å². The van der Waals surface area contributed by atoms with Gasteiger partial charge in [0, 0.05) is 11.8 Å². The molecule has 1 N–H and O–H groups in total. The highest BCUT2D eigenvalue weighted by molar-refractivity contribution is 5.55. The molecular weight excluding hydrogens is 216 g/mol. The molecule has 0 fully saturated rings. The molecule has 0 radical (unpaired) electrons. The molecule has 3 heterocycles. The molecule has 1 unspecified atom stereocenters. The Hall–Kier alpha value is -1.81. The van der Waals surface area contributed by atoms with Gasteiger partial charge in [-0.05, 0) is 31.1 Å². The van der Waals surface area contributed by atoms with Crippen molar-refractivity contribution in [1.29, 1.82) is 0 Å². The SMILES string of the molecule is OC(C1=CCCCO1)c1cnn2ccccc12. The molecule has 17 heavy (non-hydrogen) atoms. The number of nitrogens with zero attached hydrogens (tertiary/aromatic N) is 2. The monoisotopic (exact) mass is 230 g/mol. The highest BCUT2D eigenvalue weighted by Gasteiger charge is 2.20. The lowest BCUT2D eigenvalue weighted by Gasteiger charge is -2.19. The number of rotatable bonds is 2. The van der Waals surface area contributed by atoms with Crippen LogP contribution in [0.25, 0.3) is 5.52 Å². The van der Waals surface area contributed by atoms with Crippen LogP contribution in [0.2, 0.25) is 0 Å². The molecule has 0 aromatic carbocycles. The minimum absolute atomic E-state index is 0.648. The molecule has 1 atom stereocenters. The Morgan fingerprint density at radius 3 is 3.18 bits per heavy atom. The van der Waals surface area contributed by atoms with E-state index in [-0.39, 0.29) is 0 Å². The van der Waals surface area contributed by atoms with Gasteiger partial charge >= 0.3 is 0 Å². The predicted octanol–water partition coefficient (Wildman–Crippen LogP) is 2.06. The summed E-state index contributed by atoms with van der Waals surface area (Å²) in [7, 11) is 0. The summed E-state index contributed by atoms with van der Waals surface area (Å²) >= 11 is 0. The van der Waals surface area contributed by atoms with E-state index in [0.29, 0.717) is 12.4 Å². The second-order valence-electron chi connectivity index (χ2n) is 4.13. The van der Waals surface area contributed by atoms with Crippen LogP contribution in [-0.2, 0) is 4.74 Å². The summed E-state index contributed by atoms with van der Waals surface area (Å²) in [6, 6.07) is 5.78. The summed E-state index contributed by atoms with van der Waals surface area (Å²) in [5, 5.41) is 14.5. The van der Waals surface area contributed by atoms with Crippen molar-refractivity contribution in [3.8, 4) is 0 Å². The first kappa shape index (κ1) is 10.4.